The average Bonchev–Trinajstić information content (AvgIpc) is 2.64. The number of hydrogen-bond donors (Lipinski definition) is 2. The Morgan fingerprint density at radius 1 is 1.08 bits per heavy atom. The Morgan fingerprint density at radius 3 is 2.56 bits per heavy atom. The third kappa shape index (κ3) is 3.24. The largest absolute Gasteiger partial charge is 0.383 e. The van der Waals surface area contributed by atoms with Crippen molar-refractivity contribution < 1.29 is 9.59 Å². The van der Waals surface area contributed by atoms with Crippen LogP contribution in [0.25, 0.3) is 10.8 Å². The van der Waals surface area contributed by atoms with Gasteiger partial charge in [-0.2, -0.15) is 0 Å². The fourth-order valence-corrected chi connectivity index (χ4v) is 3.41. The van der Waals surface area contributed by atoms with Crippen molar-refractivity contribution >= 4 is 28.3 Å². The lowest BCUT2D eigenvalue weighted by Gasteiger charge is -2.28. The molecule has 0 aliphatic carbocycles. The Labute approximate surface area is 148 Å². The first-order valence-corrected chi connectivity index (χ1v) is 9.05. The fourth-order valence-electron chi connectivity index (χ4n) is 3.41. The topological polar surface area (TPSA) is 75.4 Å². The van der Waals surface area contributed by atoms with Gasteiger partial charge in [0, 0.05) is 47.2 Å². The van der Waals surface area contributed by atoms with Crippen LogP contribution in [0.15, 0.2) is 30.3 Å². The first-order valence-electron chi connectivity index (χ1n) is 9.05. The minimum Gasteiger partial charge on any atom is -0.383 e. The van der Waals surface area contributed by atoms with Crippen LogP contribution in [-0.4, -0.2) is 36.3 Å². The van der Waals surface area contributed by atoms with E-state index in [1.807, 2.05) is 30.3 Å². The normalized spacial score (nSPS) is 13.6. The zero-order valence-corrected chi connectivity index (χ0v) is 14.7. The molecular weight excluding hydrogens is 316 g/mol. The smallest absolute Gasteiger partial charge is 0.261 e. The molecule has 3 rings (SSSR count). The molecule has 0 saturated carbocycles. The van der Waals surface area contributed by atoms with Crippen LogP contribution in [0.4, 0.5) is 5.69 Å². The van der Waals surface area contributed by atoms with Crippen LogP contribution in [0.5, 0.6) is 0 Å². The summed E-state index contributed by atoms with van der Waals surface area (Å²) in [6, 6.07) is 9.35. The molecule has 0 saturated heterocycles. The first-order chi connectivity index (χ1) is 12.2. The fraction of sp³-hybridized carbons (Fsp3) is 0.400. The van der Waals surface area contributed by atoms with Crippen LogP contribution >= 0.6 is 0 Å². The molecule has 3 N–H and O–H groups in total. The van der Waals surface area contributed by atoms with Crippen molar-refractivity contribution in [2.45, 2.75) is 32.6 Å². The molecule has 0 bridgehead atoms. The van der Waals surface area contributed by atoms with Crippen molar-refractivity contribution in [3.63, 3.8) is 0 Å². The molecule has 0 fully saturated rings. The molecule has 2 aromatic rings. The lowest BCUT2D eigenvalue weighted by Crippen LogP contribution is -2.40. The predicted molar refractivity (Wildman–Crippen MR) is 101 cm³/mol. The Balaban J connectivity index is 1.97. The van der Waals surface area contributed by atoms with Gasteiger partial charge in [-0.05, 0) is 24.6 Å². The summed E-state index contributed by atoms with van der Waals surface area (Å²) in [4.78, 5) is 27.1. The Hall–Kier alpha value is -2.40. The monoisotopic (exact) mass is 341 g/mol. The zero-order valence-electron chi connectivity index (χ0n) is 14.7. The van der Waals surface area contributed by atoms with Gasteiger partial charge in [0.05, 0.1) is 0 Å². The number of benzene rings is 2. The van der Waals surface area contributed by atoms with Crippen LogP contribution in [0.3, 0.4) is 0 Å². The molecule has 132 valence electrons. The molecule has 0 unspecified atom stereocenters. The zero-order chi connectivity index (χ0) is 17.8. The quantitative estimate of drug-likeness (QED) is 0.570. The maximum Gasteiger partial charge on any atom is 0.261 e. The third-order valence-corrected chi connectivity index (χ3v) is 4.69. The van der Waals surface area contributed by atoms with Crippen molar-refractivity contribution in [2.24, 2.45) is 5.73 Å². The second kappa shape index (κ2) is 7.66. The molecule has 1 heterocycles. The van der Waals surface area contributed by atoms with Crippen molar-refractivity contribution in [3.8, 4) is 0 Å². The highest BCUT2D eigenvalue weighted by Gasteiger charge is 2.32. The number of carbonyl (C=O) groups is 2. The lowest BCUT2D eigenvalue weighted by molar-refractivity contribution is 0.0608. The number of carbonyl (C=O) groups excluding carboxylic acids is 2. The van der Waals surface area contributed by atoms with Crippen molar-refractivity contribution in [3.05, 3.63) is 41.5 Å². The van der Waals surface area contributed by atoms with Gasteiger partial charge in [0.25, 0.3) is 11.8 Å². The molecule has 2 amide bonds. The Kier molecular flexibility index (Phi) is 5.34. The highest BCUT2D eigenvalue weighted by atomic mass is 16.2. The van der Waals surface area contributed by atoms with Crippen LogP contribution in [0.1, 0.15) is 53.3 Å². The number of nitrogens with one attached hydrogen (secondary N) is 1. The molecule has 2 aromatic carbocycles. The first kappa shape index (κ1) is 17.4. The van der Waals surface area contributed by atoms with Gasteiger partial charge in [-0.1, -0.05) is 38.3 Å². The number of rotatable bonds is 8. The number of hydrogen-bond acceptors (Lipinski definition) is 4. The lowest BCUT2D eigenvalue weighted by atomic mass is 9.93. The summed E-state index contributed by atoms with van der Waals surface area (Å²) in [6.07, 6.45) is 4.14. The molecule has 25 heavy (non-hydrogen) atoms. The third-order valence-electron chi connectivity index (χ3n) is 4.69. The highest BCUT2D eigenvalue weighted by Crippen LogP contribution is 2.34. The van der Waals surface area contributed by atoms with Crippen molar-refractivity contribution in [1.29, 1.82) is 0 Å². The summed E-state index contributed by atoms with van der Waals surface area (Å²) < 4.78 is 0. The summed E-state index contributed by atoms with van der Waals surface area (Å²) in [7, 11) is 0. The number of nitrogens with zero attached hydrogens (tertiary/aromatic N) is 1. The minimum atomic E-state index is -0.185. The maximum absolute atomic E-state index is 12.9. The molecule has 1 aliphatic heterocycles. The summed E-state index contributed by atoms with van der Waals surface area (Å²) in [5, 5.41) is 4.92. The summed E-state index contributed by atoms with van der Waals surface area (Å²) >= 11 is 0. The van der Waals surface area contributed by atoms with Crippen LogP contribution < -0.4 is 11.1 Å². The Morgan fingerprint density at radius 2 is 1.84 bits per heavy atom. The van der Waals surface area contributed by atoms with E-state index < -0.39 is 0 Å². The highest BCUT2D eigenvalue weighted by molar-refractivity contribution is 6.26. The van der Waals surface area contributed by atoms with Gasteiger partial charge in [-0.25, -0.2) is 0 Å². The summed E-state index contributed by atoms with van der Waals surface area (Å²) in [5.74, 6) is -0.369. The van der Waals surface area contributed by atoms with Crippen LogP contribution in [-0.2, 0) is 0 Å². The molecule has 0 spiro atoms. The van der Waals surface area contributed by atoms with E-state index in [0.717, 1.165) is 42.1 Å². The number of anilines is 1. The van der Waals surface area contributed by atoms with Gasteiger partial charge in [0.15, 0.2) is 0 Å². The molecule has 5 heteroatoms. The van der Waals surface area contributed by atoms with Crippen LogP contribution in [0, 0.1) is 0 Å². The van der Waals surface area contributed by atoms with Gasteiger partial charge in [0.2, 0.25) is 0 Å². The van der Waals surface area contributed by atoms with E-state index in [1.165, 1.54) is 4.90 Å². The van der Waals surface area contributed by atoms with Crippen molar-refractivity contribution in [2.75, 3.05) is 25.0 Å². The number of imide groups is 1. The maximum atomic E-state index is 12.9. The second-order valence-corrected chi connectivity index (χ2v) is 6.43. The Bertz CT molecular complexity index is 779. The summed E-state index contributed by atoms with van der Waals surface area (Å²) in [5.41, 5.74) is 7.70. The van der Waals surface area contributed by atoms with E-state index in [9.17, 15) is 9.59 Å². The van der Waals surface area contributed by atoms with Crippen LogP contribution in [0.2, 0.25) is 0 Å². The minimum absolute atomic E-state index is 0.185. The average molecular weight is 341 g/mol. The molecule has 1 aliphatic rings. The molecule has 0 radical (unpaired) electrons. The van der Waals surface area contributed by atoms with Gasteiger partial charge in [-0.3, -0.25) is 14.5 Å². The van der Waals surface area contributed by atoms with Crippen molar-refractivity contribution in [1.82, 2.24) is 4.90 Å². The van der Waals surface area contributed by atoms with E-state index in [0.29, 0.717) is 30.8 Å². The van der Waals surface area contributed by atoms with Gasteiger partial charge < -0.3 is 11.1 Å². The second-order valence-electron chi connectivity index (χ2n) is 6.43. The number of amides is 2. The van der Waals surface area contributed by atoms with Gasteiger partial charge in [0.1, 0.15) is 0 Å². The van der Waals surface area contributed by atoms with E-state index in [1.54, 1.807) is 0 Å². The molecular formula is C20H25N3O2. The van der Waals surface area contributed by atoms with Gasteiger partial charge in [-0.15, -0.1) is 0 Å². The van der Waals surface area contributed by atoms with E-state index >= 15 is 0 Å². The summed E-state index contributed by atoms with van der Waals surface area (Å²) in [6.45, 7) is 3.79. The predicted octanol–water partition coefficient (Wildman–Crippen LogP) is 3.39. The van der Waals surface area contributed by atoms with E-state index in [4.69, 9.17) is 5.73 Å². The SMILES string of the molecule is CCCCC[14CH2]N1C(=O)c2cccc3c(NCCN)ccc(c23)C1=O. The number of nitrogens with two attached hydrogens (primary N) is 1. The molecule has 5 nitrogen and oxygen atoms in total. The molecule has 0 aromatic heterocycles. The van der Waals surface area contributed by atoms with Gasteiger partial charge >= 0.3 is 0 Å². The molecule has 0 atom stereocenters. The standard InChI is InChI=1S/C20H25N3O2/c1-2-3-4-5-13-23-19(24)15-8-6-7-14-17(22-12-11-21)10-9-16(18(14)15)20(23)25/h6-10,22H,2-5,11-13,21H2,1H3/i13+2. The van der Waals surface area contributed by atoms with E-state index in [-0.39, 0.29) is 11.8 Å². The van der Waals surface area contributed by atoms with E-state index in [2.05, 4.69) is 12.2 Å². The number of unbranched alkanes of at least 4 members (excludes halogenated alkanes) is 3.